The largest absolute Gasteiger partial charge is 0.392 e. The van der Waals surface area contributed by atoms with Gasteiger partial charge in [-0.2, -0.15) is 0 Å². The van der Waals surface area contributed by atoms with Crippen molar-refractivity contribution in [2.45, 2.75) is 37.2 Å². The zero-order chi connectivity index (χ0) is 17.0. The van der Waals surface area contributed by atoms with Crippen LogP contribution >= 0.6 is 11.6 Å². The quantitative estimate of drug-likeness (QED) is 0.756. The van der Waals surface area contributed by atoms with Gasteiger partial charge in [-0.25, -0.2) is 17.5 Å². The van der Waals surface area contributed by atoms with Crippen molar-refractivity contribution in [2.24, 2.45) is 0 Å². The van der Waals surface area contributed by atoms with Gasteiger partial charge in [0.05, 0.1) is 11.1 Å². The first-order valence-electron chi connectivity index (χ1n) is 7.65. The molecule has 0 amide bonds. The van der Waals surface area contributed by atoms with Gasteiger partial charge >= 0.3 is 0 Å². The Morgan fingerprint density at radius 3 is 2.91 bits per heavy atom. The van der Waals surface area contributed by atoms with E-state index in [9.17, 15) is 17.9 Å². The number of benzene rings is 1. The molecule has 1 aliphatic heterocycles. The maximum atomic E-state index is 13.4. The van der Waals surface area contributed by atoms with Crippen LogP contribution in [0.1, 0.15) is 24.8 Å². The molecule has 0 spiro atoms. The number of hydrogen-bond donors (Lipinski definition) is 2. The fourth-order valence-electron chi connectivity index (χ4n) is 2.66. The topological polar surface area (TPSA) is 69.6 Å². The molecule has 0 aromatic heterocycles. The monoisotopic (exact) mass is 364 g/mol. The SMILES string of the molecule is Cc1cc(S(=O)(=O)NCCCN2CCC[C@@H](O)C2)c(Cl)cc1F. The van der Waals surface area contributed by atoms with E-state index in [4.69, 9.17) is 11.6 Å². The summed E-state index contributed by atoms with van der Waals surface area (Å²) in [6.07, 6.45) is 2.12. The van der Waals surface area contributed by atoms with Crippen molar-refractivity contribution in [3.63, 3.8) is 0 Å². The van der Waals surface area contributed by atoms with Gasteiger partial charge in [-0.1, -0.05) is 11.6 Å². The summed E-state index contributed by atoms with van der Waals surface area (Å²) in [6.45, 7) is 4.03. The van der Waals surface area contributed by atoms with Crippen molar-refractivity contribution < 1.29 is 17.9 Å². The van der Waals surface area contributed by atoms with E-state index in [1.165, 1.54) is 13.0 Å². The van der Waals surface area contributed by atoms with Gasteiger partial charge < -0.3 is 10.0 Å². The number of likely N-dealkylation sites (tertiary alicyclic amines) is 1. The van der Waals surface area contributed by atoms with E-state index >= 15 is 0 Å². The fourth-order valence-corrected chi connectivity index (χ4v) is 4.33. The molecule has 0 saturated carbocycles. The summed E-state index contributed by atoms with van der Waals surface area (Å²) >= 11 is 5.84. The molecule has 0 unspecified atom stereocenters. The second-order valence-electron chi connectivity index (χ2n) is 5.88. The Kier molecular flexibility index (Phi) is 6.39. The molecule has 0 bridgehead atoms. The summed E-state index contributed by atoms with van der Waals surface area (Å²) in [7, 11) is -3.76. The molecule has 1 heterocycles. The van der Waals surface area contributed by atoms with Gasteiger partial charge in [0.25, 0.3) is 0 Å². The highest BCUT2D eigenvalue weighted by molar-refractivity contribution is 7.89. The Balaban J connectivity index is 1.88. The van der Waals surface area contributed by atoms with E-state index in [-0.39, 0.29) is 28.1 Å². The fraction of sp³-hybridized carbons (Fsp3) is 0.600. The van der Waals surface area contributed by atoms with Crippen molar-refractivity contribution in [2.75, 3.05) is 26.2 Å². The highest BCUT2D eigenvalue weighted by Gasteiger charge is 2.20. The number of aryl methyl sites for hydroxylation is 1. The maximum absolute atomic E-state index is 13.4. The molecule has 1 saturated heterocycles. The second-order valence-corrected chi connectivity index (χ2v) is 8.02. The number of nitrogens with zero attached hydrogens (tertiary/aromatic N) is 1. The van der Waals surface area contributed by atoms with Crippen molar-refractivity contribution in [1.29, 1.82) is 0 Å². The predicted molar refractivity (Wildman–Crippen MR) is 87.6 cm³/mol. The third-order valence-electron chi connectivity index (χ3n) is 3.93. The smallest absolute Gasteiger partial charge is 0.242 e. The number of nitrogens with one attached hydrogen (secondary N) is 1. The molecule has 23 heavy (non-hydrogen) atoms. The number of rotatable bonds is 6. The zero-order valence-corrected chi connectivity index (χ0v) is 14.6. The van der Waals surface area contributed by atoms with Gasteiger partial charge in [0.2, 0.25) is 10.0 Å². The first-order valence-corrected chi connectivity index (χ1v) is 9.51. The number of aliphatic hydroxyl groups excluding tert-OH is 1. The minimum absolute atomic E-state index is 0.105. The lowest BCUT2D eigenvalue weighted by atomic mass is 10.1. The minimum atomic E-state index is -3.76. The Morgan fingerprint density at radius 2 is 2.22 bits per heavy atom. The normalized spacial score (nSPS) is 19.9. The highest BCUT2D eigenvalue weighted by Crippen LogP contribution is 2.24. The lowest BCUT2D eigenvalue weighted by Crippen LogP contribution is -2.39. The number of hydrogen-bond acceptors (Lipinski definition) is 4. The van der Waals surface area contributed by atoms with Crippen molar-refractivity contribution in [1.82, 2.24) is 9.62 Å². The van der Waals surface area contributed by atoms with E-state index in [0.29, 0.717) is 13.0 Å². The van der Waals surface area contributed by atoms with E-state index in [2.05, 4.69) is 9.62 Å². The van der Waals surface area contributed by atoms with E-state index in [1.54, 1.807) is 0 Å². The standard InChI is InChI=1S/C15H22ClFN2O3S/c1-11-8-15(13(16)9-14(11)17)23(21,22)18-5-3-7-19-6-2-4-12(20)10-19/h8-9,12,18,20H,2-7,10H2,1H3/t12-/m1/s1. The third-order valence-corrected chi connectivity index (χ3v) is 5.85. The summed E-state index contributed by atoms with van der Waals surface area (Å²) in [4.78, 5) is 2.02. The molecule has 1 fully saturated rings. The van der Waals surface area contributed by atoms with Crippen LogP contribution in [-0.4, -0.2) is 50.7 Å². The van der Waals surface area contributed by atoms with Crippen LogP contribution in [0.4, 0.5) is 4.39 Å². The van der Waals surface area contributed by atoms with Crippen molar-refractivity contribution in [3.05, 3.63) is 28.5 Å². The van der Waals surface area contributed by atoms with Crippen LogP contribution in [0.2, 0.25) is 5.02 Å². The molecule has 0 aliphatic carbocycles. The summed E-state index contributed by atoms with van der Waals surface area (Å²) in [5.74, 6) is -0.530. The second kappa shape index (κ2) is 7.90. The minimum Gasteiger partial charge on any atom is -0.392 e. The Hall–Kier alpha value is -0.730. The summed E-state index contributed by atoms with van der Waals surface area (Å²) < 4.78 is 40.4. The van der Waals surface area contributed by atoms with E-state index in [0.717, 1.165) is 32.0 Å². The molecule has 2 N–H and O–H groups in total. The van der Waals surface area contributed by atoms with Crippen LogP contribution < -0.4 is 4.72 Å². The molecular formula is C15H22ClFN2O3S. The molecule has 0 radical (unpaired) electrons. The summed E-state index contributed by atoms with van der Waals surface area (Å²) in [5.41, 5.74) is 0.233. The Labute approximate surface area is 141 Å². The van der Waals surface area contributed by atoms with Crippen LogP contribution in [0.25, 0.3) is 0 Å². The van der Waals surface area contributed by atoms with Gasteiger partial charge in [0.15, 0.2) is 0 Å². The lowest BCUT2D eigenvalue weighted by molar-refractivity contribution is 0.0704. The first-order chi connectivity index (χ1) is 10.8. The third kappa shape index (κ3) is 5.12. The number of halogens is 2. The molecule has 1 atom stereocenters. The maximum Gasteiger partial charge on any atom is 0.242 e. The van der Waals surface area contributed by atoms with Gasteiger partial charge in [0.1, 0.15) is 10.7 Å². The van der Waals surface area contributed by atoms with Gasteiger partial charge in [0, 0.05) is 13.1 Å². The average molecular weight is 365 g/mol. The van der Waals surface area contributed by atoms with Crippen molar-refractivity contribution in [3.8, 4) is 0 Å². The van der Waals surface area contributed by atoms with Gasteiger partial charge in [-0.05, 0) is 57.0 Å². The van der Waals surface area contributed by atoms with Crippen molar-refractivity contribution >= 4 is 21.6 Å². The van der Waals surface area contributed by atoms with Gasteiger partial charge in [-0.3, -0.25) is 0 Å². The molecule has 1 aromatic carbocycles. The van der Waals surface area contributed by atoms with Crippen LogP contribution in [-0.2, 0) is 10.0 Å². The number of sulfonamides is 1. The van der Waals surface area contributed by atoms with E-state index in [1.807, 2.05) is 0 Å². The molecule has 1 aromatic rings. The Bertz CT molecular complexity index is 654. The van der Waals surface area contributed by atoms with Crippen LogP contribution in [0.5, 0.6) is 0 Å². The number of aliphatic hydroxyl groups is 1. The lowest BCUT2D eigenvalue weighted by Gasteiger charge is -2.29. The first kappa shape index (κ1) is 18.6. The molecule has 130 valence electrons. The Morgan fingerprint density at radius 1 is 1.48 bits per heavy atom. The average Bonchev–Trinajstić information content (AvgIpc) is 2.47. The molecule has 5 nitrogen and oxygen atoms in total. The molecular weight excluding hydrogens is 343 g/mol. The highest BCUT2D eigenvalue weighted by atomic mass is 35.5. The molecule has 2 rings (SSSR count). The van der Waals surface area contributed by atoms with Crippen LogP contribution in [0.15, 0.2) is 17.0 Å². The summed E-state index contributed by atoms with van der Waals surface area (Å²) in [6, 6.07) is 2.25. The molecule has 8 heteroatoms. The zero-order valence-electron chi connectivity index (χ0n) is 13.1. The van der Waals surface area contributed by atoms with Gasteiger partial charge in [-0.15, -0.1) is 0 Å². The van der Waals surface area contributed by atoms with Crippen LogP contribution in [0.3, 0.4) is 0 Å². The molecule has 1 aliphatic rings. The predicted octanol–water partition coefficient (Wildman–Crippen LogP) is 1.91. The summed E-state index contributed by atoms with van der Waals surface area (Å²) in [5, 5.41) is 9.47. The van der Waals surface area contributed by atoms with E-state index < -0.39 is 15.8 Å². The number of β-amino-alcohol motifs (C(OH)–C–C–N with tert-alkyl or cyclic N) is 1. The number of piperidine rings is 1. The van der Waals surface area contributed by atoms with Crippen LogP contribution in [0, 0.1) is 12.7 Å².